The Morgan fingerprint density at radius 1 is 1.20 bits per heavy atom. The highest BCUT2D eigenvalue weighted by molar-refractivity contribution is 4.73. The first-order chi connectivity index (χ1) is 4.34. The lowest BCUT2D eigenvalue weighted by Crippen LogP contribution is -2.40. The van der Waals surface area contributed by atoms with Crippen molar-refractivity contribution in [1.29, 1.82) is 0 Å². The molecule has 0 aliphatic rings. The van der Waals surface area contributed by atoms with E-state index in [-0.39, 0.29) is 0 Å². The number of rotatable bonds is 2. The van der Waals surface area contributed by atoms with Crippen LogP contribution in [0.15, 0.2) is 0 Å². The summed E-state index contributed by atoms with van der Waals surface area (Å²) in [6.07, 6.45) is 0. The Morgan fingerprint density at radius 2 is 1.60 bits per heavy atom. The van der Waals surface area contributed by atoms with E-state index in [1.54, 1.807) is 0 Å². The molecule has 1 heteroatoms. The van der Waals surface area contributed by atoms with E-state index in [1.807, 2.05) is 0 Å². The van der Waals surface area contributed by atoms with Crippen LogP contribution in [-0.4, -0.2) is 24.0 Å². The van der Waals surface area contributed by atoms with Crippen LogP contribution < -0.4 is 0 Å². The molecule has 0 saturated heterocycles. The van der Waals surface area contributed by atoms with Crippen LogP contribution in [0.1, 0.15) is 34.6 Å². The highest BCUT2D eigenvalue weighted by atomic mass is 15.2. The van der Waals surface area contributed by atoms with Crippen LogP contribution in [0.2, 0.25) is 0 Å². The molecule has 0 aliphatic carbocycles. The predicted octanol–water partition coefficient (Wildman–Crippen LogP) is 2.37. The summed E-state index contributed by atoms with van der Waals surface area (Å²) in [5, 5.41) is 0. The Hall–Kier alpha value is -0.0400. The molecule has 0 bridgehead atoms. The highest BCUT2D eigenvalue weighted by Gasteiger charge is 2.16. The molecule has 0 aliphatic heterocycles. The minimum atomic E-state index is 0.324. The molecule has 0 aromatic heterocycles. The van der Waals surface area contributed by atoms with Gasteiger partial charge in [0.15, 0.2) is 0 Å². The third kappa shape index (κ3) is 3.89. The van der Waals surface area contributed by atoms with Gasteiger partial charge in [0.1, 0.15) is 0 Å². The van der Waals surface area contributed by atoms with E-state index in [0.717, 1.165) is 5.92 Å². The summed E-state index contributed by atoms with van der Waals surface area (Å²) < 4.78 is 0. The lowest BCUT2D eigenvalue weighted by atomic mass is 10.1. The Labute approximate surface area is 65.4 Å². The van der Waals surface area contributed by atoms with Crippen molar-refractivity contribution < 1.29 is 0 Å². The van der Waals surface area contributed by atoms with E-state index >= 15 is 0 Å². The van der Waals surface area contributed by atoms with Crippen molar-refractivity contribution in [2.45, 2.75) is 40.2 Å². The molecule has 0 heterocycles. The average molecular weight is 143 g/mol. The van der Waals surface area contributed by atoms with Gasteiger partial charge in [0.2, 0.25) is 0 Å². The zero-order chi connectivity index (χ0) is 8.36. The average Bonchev–Trinajstić information content (AvgIpc) is 1.60. The van der Waals surface area contributed by atoms with Gasteiger partial charge in [-0.25, -0.2) is 0 Å². The maximum atomic E-state index is 2.39. The summed E-state index contributed by atoms with van der Waals surface area (Å²) in [6.45, 7) is 12.4. The van der Waals surface area contributed by atoms with Crippen LogP contribution in [0.4, 0.5) is 0 Å². The number of hydrogen-bond acceptors (Lipinski definition) is 1. The van der Waals surface area contributed by atoms with Crippen molar-refractivity contribution in [2.75, 3.05) is 13.6 Å². The second-order valence-electron chi connectivity index (χ2n) is 4.45. The summed E-state index contributed by atoms with van der Waals surface area (Å²) in [6, 6.07) is 0. The van der Waals surface area contributed by atoms with E-state index in [0.29, 0.717) is 5.54 Å². The van der Waals surface area contributed by atoms with Gasteiger partial charge in [-0.3, -0.25) is 0 Å². The van der Waals surface area contributed by atoms with Crippen LogP contribution in [-0.2, 0) is 0 Å². The van der Waals surface area contributed by atoms with Gasteiger partial charge >= 0.3 is 0 Å². The Bertz CT molecular complexity index is 89.4. The Morgan fingerprint density at radius 3 is 1.70 bits per heavy atom. The summed E-state index contributed by atoms with van der Waals surface area (Å²) in [7, 11) is 2.18. The zero-order valence-corrected chi connectivity index (χ0v) is 8.23. The number of nitrogens with zero attached hydrogens (tertiary/aromatic N) is 1. The fourth-order valence-electron chi connectivity index (χ4n) is 0.822. The van der Waals surface area contributed by atoms with Crippen molar-refractivity contribution >= 4 is 0 Å². The summed E-state index contributed by atoms with van der Waals surface area (Å²) in [5.74, 6) is 0.768. The molecular weight excluding hydrogens is 122 g/mol. The molecule has 62 valence electrons. The standard InChI is InChI=1S/C9H21N/c1-8(2)7-10(6)9(3,4)5/h8H,7H2,1-6H3. The SMILES string of the molecule is CC(C)CN(C)C(C)(C)C. The minimum absolute atomic E-state index is 0.324. The van der Waals surface area contributed by atoms with E-state index in [4.69, 9.17) is 0 Å². The molecule has 0 fully saturated rings. The Kier molecular flexibility index (Phi) is 3.37. The van der Waals surface area contributed by atoms with Gasteiger partial charge in [0.05, 0.1) is 0 Å². The van der Waals surface area contributed by atoms with Gasteiger partial charge in [0, 0.05) is 12.1 Å². The minimum Gasteiger partial charge on any atom is -0.301 e. The molecule has 0 amide bonds. The van der Waals surface area contributed by atoms with Gasteiger partial charge in [-0.2, -0.15) is 0 Å². The molecule has 0 saturated carbocycles. The second-order valence-corrected chi connectivity index (χ2v) is 4.45. The predicted molar refractivity (Wildman–Crippen MR) is 47.2 cm³/mol. The maximum absolute atomic E-state index is 2.39. The normalized spacial score (nSPS) is 13.2. The molecule has 0 radical (unpaired) electrons. The third-order valence-corrected chi connectivity index (χ3v) is 1.78. The van der Waals surface area contributed by atoms with Gasteiger partial charge < -0.3 is 4.90 Å². The molecule has 0 aromatic carbocycles. The van der Waals surface area contributed by atoms with Crippen molar-refractivity contribution in [3.63, 3.8) is 0 Å². The molecule has 0 spiro atoms. The molecule has 0 N–H and O–H groups in total. The highest BCUT2D eigenvalue weighted by Crippen LogP contribution is 2.11. The lowest BCUT2D eigenvalue weighted by molar-refractivity contribution is 0.157. The monoisotopic (exact) mass is 143 g/mol. The first kappa shape index (κ1) is 9.96. The van der Waals surface area contributed by atoms with Crippen LogP contribution in [0.3, 0.4) is 0 Å². The Balaban J connectivity index is 3.73. The topological polar surface area (TPSA) is 3.24 Å². The zero-order valence-electron chi connectivity index (χ0n) is 8.23. The second kappa shape index (κ2) is 3.38. The van der Waals surface area contributed by atoms with Crippen LogP contribution in [0.25, 0.3) is 0 Å². The van der Waals surface area contributed by atoms with Gasteiger partial charge in [-0.05, 0) is 33.7 Å². The fourth-order valence-corrected chi connectivity index (χ4v) is 0.822. The van der Waals surface area contributed by atoms with Crippen molar-refractivity contribution in [1.82, 2.24) is 4.90 Å². The van der Waals surface area contributed by atoms with E-state index in [9.17, 15) is 0 Å². The van der Waals surface area contributed by atoms with Gasteiger partial charge in [-0.1, -0.05) is 13.8 Å². The van der Waals surface area contributed by atoms with Crippen molar-refractivity contribution in [3.8, 4) is 0 Å². The van der Waals surface area contributed by atoms with Crippen LogP contribution in [0.5, 0.6) is 0 Å². The molecule has 0 unspecified atom stereocenters. The lowest BCUT2D eigenvalue weighted by Gasteiger charge is -2.33. The number of hydrogen-bond donors (Lipinski definition) is 0. The third-order valence-electron chi connectivity index (χ3n) is 1.78. The molecule has 0 rings (SSSR count). The first-order valence-electron chi connectivity index (χ1n) is 4.05. The largest absolute Gasteiger partial charge is 0.301 e. The van der Waals surface area contributed by atoms with Crippen molar-refractivity contribution in [2.24, 2.45) is 5.92 Å². The quantitative estimate of drug-likeness (QED) is 0.573. The van der Waals surface area contributed by atoms with E-state index < -0.39 is 0 Å². The van der Waals surface area contributed by atoms with E-state index in [1.165, 1.54) is 6.54 Å². The van der Waals surface area contributed by atoms with Gasteiger partial charge in [0.25, 0.3) is 0 Å². The van der Waals surface area contributed by atoms with Gasteiger partial charge in [-0.15, -0.1) is 0 Å². The molecule has 0 aromatic rings. The molecule has 1 nitrogen and oxygen atoms in total. The summed E-state index contributed by atoms with van der Waals surface area (Å²) >= 11 is 0. The molecule has 0 atom stereocenters. The van der Waals surface area contributed by atoms with Crippen molar-refractivity contribution in [3.05, 3.63) is 0 Å². The summed E-state index contributed by atoms with van der Waals surface area (Å²) in [4.78, 5) is 2.39. The fraction of sp³-hybridized carbons (Fsp3) is 1.00. The van der Waals surface area contributed by atoms with E-state index in [2.05, 4.69) is 46.6 Å². The van der Waals surface area contributed by atoms with Crippen LogP contribution in [0, 0.1) is 5.92 Å². The maximum Gasteiger partial charge on any atom is 0.0122 e. The van der Waals surface area contributed by atoms with Crippen LogP contribution >= 0.6 is 0 Å². The summed E-state index contributed by atoms with van der Waals surface area (Å²) in [5.41, 5.74) is 0.324. The molecular formula is C9H21N. The molecule has 10 heavy (non-hydrogen) atoms. The first-order valence-corrected chi connectivity index (χ1v) is 4.05. The smallest absolute Gasteiger partial charge is 0.0122 e.